The lowest BCUT2D eigenvalue weighted by atomic mass is 10.2. The Morgan fingerprint density at radius 2 is 1.90 bits per heavy atom. The van der Waals surface area contributed by atoms with E-state index in [1.807, 2.05) is 0 Å². The van der Waals surface area contributed by atoms with E-state index in [9.17, 15) is 9.59 Å². The zero-order chi connectivity index (χ0) is 20.8. The summed E-state index contributed by atoms with van der Waals surface area (Å²) in [6.07, 6.45) is 9.35. The summed E-state index contributed by atoms with van der Waals surface area (Å²) in [6, 6.07) is 0. The second-order valence-corrected chi connectivity index (χ2v) is 6.27. The summed E-state index contributed by atoms with van der Waals surface area (Å²) in [7, 11) is 3.01. The molecule has 0 bridgehead atoms. The van der Waals surface area contributed by atoms with E-state index in [4.69, 9.17) is 5.41 Å². The standard InChI is InChI=1S/C18H21N9O2/c1-20-7-12(14(19)17(28)21-2)26-18(29)15-13(25-11-5-22-9-23-6-11)8-24-16(27-15)10-3-4-10/h5-10,19-20,25H,3-4H2,1-2H3,(H,21,28)(H,26,29)/b12-7+,19-14?. The molecule has 2 amide bonds. The van der Waals surface area contributed by atoms with Gasteiger partial charge < -0.3 is 21.3 Å². The van der Waals surface area contributed by atoms with Crippen molar-refractivity contribution >= 4 is 28.9 Å². The van der Waals surface area contributed by atoms with Gasteiger partial charge in [0.2, 0.25) is 0 Å². The molecule has 0 radical (unpaired) electrons. The number of aromatic nitrogens is 4. The number of nitrogens with zero attached hydrogens (tertiary/aromatic N) is 4. The first-order valence-corrected chi connectivity index (χ1v) is 8.92. The summed E-state index contributed by atoms with van der Waals surface area (Å²) < 4.78 is 0. The van der Waals surface area contributed by atoms with Gasteiger partial charge in [0.15, 0.2) is 5.69 Å². The van der Waals surface area contributed by atoms with Crippen LogP contribution in [0.5, 0.6) is 0 Å². The van der Waals surface area contributed by atoms with E-state index in [1.165, 1.54) is 25.8 Å². The predicted molar refractivity (Wildman–Crippen MR) is 106 cm³/mol. The third-order valence-corrected chi connectivity index (χ3v) is 4.06. The van der Waals surface area contributed by atoms with Gasteiger partial charge in [0.05, 0.1) is 35.7 Å². The lowest BCUT2D eigenvalue weighted by Crippen LogP contribution is -2.37. The van der Waals surface area contributed by atoms with Crippen molar-refractivity contribution in [1.82, 2.24) is 35.9 Å². The summed E-state index contributed by atoms with van der Waals surface area (Å²) in [5, 5.41) is 18.6. The fraction of sp³-hybridized carbons (Fsp3) is 0.278. The number of carbonyl (C=O) groups is 2. The monoisotopic (exact) mass is 395 g/mol. The van der Waals surface area contributed by atoms with Crippen molar-refractivity contribution in [1.29, 1.82) is 5.41 Å². The van der Waals surface area contributed by atoms with E-state index in [-0.39, 0.29) is 17.3 Å². The van der Waals surface area contributed by atoms with Crippen molar-refractivity contribution in [2.24, 2.45) is 0 Å². The molecule has 0 unspecified atom stereocenters. The quantitative estimate of drug-likeness (QED) is 0.403. The molecule has 1 aliphatic carbocycles. The number of hydrogen-bond acceptors (Lipinski definition) is 9. The zero-order valence-electron chi connectivity index (χ0n) is 16.0. The minimum Gasteiger partial charge on any atom is -0.392 e. The first-order chi connectivity index (χ1) is 14.0. The number of nitrogens with one attached hydrogen (secondary N) is 5. The number of hydrogen-bond donors (Lipinski definition) is 5. The molecule has 0 atom stereocenters. The van der Waals surface area contributed by atoms with Gasteiger partial charge in [0.25, 0.3) is 11.8 Å². The summed E-state index contributed by atoms with van der Waals surface area (Å²) in [5.41, 5.74) is 0.637. The number of carbonyl (C=O) groups excluding carboxylic acids is 2. The molecule has 29 heavy (non-hydrogen) atoms. The van der Waals surface area contributed by atoms with Crippen LogP contribution in [0.15, 0.2) is 36.8 Å². The Morgan fingerprint density at radius 3 is 2.52 bits per heavy atom. The Labute approximate surface area is 167 Å². The Balaban J connectivity index is 1.90. The van der Waals surface area contributed by atoms with Crippen molar-refractivity contribution in [2.45, 2.75) is 18.8 Å². The highest BCUT2D eigenvalue weighted by atomic mass is 16.2. The summed E-state index contributed by atoms with van der Waals surface area (Å²) >= 11 is 0. The van der Waals surface area contributed by atoms with Crippen molar-refractivity contribution in [3.8, 4) is 0 Å². The average Bonchev–Trinajstić information content (AvgIpc) is 3.58. The van der Waals surface area contributed by atoms with E-state index in [2.05, 4.69) is 41.2 Å². The Hall–Kier alpha value is -3.89. The maximum atomic E-state index is 13.0. The molecule has 0 aromatic carbocycles. The third-order valence-electron chi connectivity index (χ3n) is 4.06. The molecular formula is C18H21N9O2. The second-order valence-electron chi connectivity index (χ2n) is 6.27. The number of amides is 2. The molecule has 150 valence electrons. The minimum atomic E-state index is -0.632. The summed E-state index contributed by atoms with van der Waals surface area (Å²) in [6.45, 7) is 0. The molecule has 5 N–H and O–H groups in total. The lowest BCUT2D eigenvalue weighted by molar-refractivity contribution is -0.114. The Bertz CT molecular complexity index is 955. The van der Waals surface area contributed by atoms with Gasteiger partial charge in [-0.25, -0.2) is 19.9 Å². The van der Waals surface area contributed by atoms with Crippen molar-refractivity contribution in [3.63, 3.8) is 0 Å². The zero-order valence-corrected chi connectivity index (χ0v) is 16.0. The van der Waals surface area contributed by atoms with Crippen LogP contribution in [0.25, 0.3) is 0 Å². The van der Waals surface area contributed by atoms with Crippen LogP contribution in [0.3, 0.4) is 0 Å². The fourth-order valence-electron chi connectivity index (χ4n) is 2.46. The van der Waals surface area contributed by atoms with E-state index < -0.39 is 17.5 Å². The molecule has 2 heterocycles. The topological polar surface area (TPSA) is 158 Å². The van der Waals surface area contributed by atoms with Crippen LogP contribution in [0.2, 0.25) is 0 Å². The maximum Gasteiger partial charge on any atom is 0.276 e. The average molecular weight is 395 g/mol. The smallest absolute Gasteiger partial charge is 0.276 e. The van der Waals surface area contributed by atoms with Crippen LogP contribution in [-0.4, -0.2) is 51.6 Å². The number of rotatable bonds is 8. The molecule has 2 aromatic rings. The van der Waals surface area contributed by atoms with E-state index in [1.54, 1.807) is 19.4 Å². The van der Waals surface area contributed by atoms with Crippen LogP contribution < -0.4 is 21.3 Å². The van der Waals surface area contributed by atoms with Crippen LogP contribution in [-0.2, 0) is 4.79 Å². The third kappa shape index (κ3) is 4.89. The van der Waals surface area contributed by atoms with Crippen molar-refractivity contribution in [2.75, 3.05) is 19.4 Å². The molecule has 1 aliphatic rings. The lowest BCUT2D eigenvalue weighted by Gasteiger charge is -2.14. The summed E-state index contributed by atoms with van der Waals surface area (Å²) in [5.74, 6) is -0.380. The first-order valence-electron chi connectivity index (χ1n) is 8.92. The summed E-state index contributed by atoms with van der Waals surface area (Å²) in [4.78, 5) is 41.4. The molecule has 0 saturated heterocycles. The fourth-order valence-corrected chi connectivity index (χ4v) is 2.46. The molecule has 11 heteroatoms. The molecule has 0 spiro atoms. The van der Waals surface area contributed by atoms with Crippen LogP contribution in [0.1, 0.15) is 35.1 Å². The van der Waals surface area contributed by atoms with Gasteiger partial charge in [-0.2, -0.15) is 0 Å². The van der Waals surface area contributed by atoms with Gasteiger partial charge >= 0.3 is 0 Å². The van der Waals surface area contributed by atoms with Crippen LogP contribution in [0, 0.1) is 5.41 Å². The largest absolute Gasteiger partial charge is 0.392 e. The maximum absolute atomic E-state index is 13.0. The molecule has 1 saturated carbocycles. The molecule has 0 aliphatic heterocycles. The van der Waals surface area contributed by atoms with Gasteiger partial charge in [-0.05, 0) is 12.8 Å². The highest BCUT2D eigenvalue weighted by Crippen LogP contribution is 2.38. The Kier molecular flexibility index (Phi) is 6.07. The van der Waals surface area contributed by atoms with E-state index in [0.29, 0.717) is 17.2 Å². The SMILES string of the molecule is CN/C=C(/NC(=O)c1nc(C2CC2)ncc1Nc1cncnc1)C(=N)C(=O)NC. The molecule has 11 nitrogen and oxygen atoms in total. The first kappa shape index (κ1) is 19.9. The van der Waals surface area contributed by atoms with E-state index >= 15 is 0 Å². The highest BCUT2D eigenvalue weighted by Gasteiger charge is 2.29. The van der Waals surface area contributed by atoms with Gasteiger partial charge in [-0.3, -0.25) is 15.0 Å². The minimum absolute atomic E-state index is 0.0115. The Morgan fingerprint density at radius 1 is 1.17 bits per heavy atom. The van der Waals surface area contributed by atoms with Gasteiger partial charge in [-0.15, -0.1) is 0 Å². The predicted octanol–water partition coefficient (Wildman–Crippen LogP) is 0.444. The van der Waals surface area contributed by atoms with Crippen molar-refractivity contribution in [3.05, 3.63) is 48.3 Å². The van der Waals surface area contributed by atoms with Gasteiger partial charge in [-0.1, -0.05) is 0 Å². The molecule has 1 fully saturated rings. The highest BCUT2D eigenvalue weighted by molar-refractivity contribution is 6.44. The van der Waals surface area contributed by atoms with Crippen LogP contribution in [0.4, 0.5) is 11.4 Å². The van der Waals surface area contributed by atoms with E-state index in [0.717, 1.165) is 12.8 Å². The second kappa shape index (κ2) is 8.87. The van der Waals surface area contributed by atoms with Crippen molar-refractivity contribution < 1.29 is 9.59 Å². The van der Waals surface area contributed by atoms with Crippen LogP contribution >= 0.6 is 0 Å². The molecule has 2 aromatic heterocycles. The van der Waals surface area contributed by atoms with Gasteiger partial charge in [0.1, 0.15) is 17.9 Å². The van der Waals surface area contributed by atoms with Gasteiger partial charge in [0, 0.05) is 26.2 Å². The normalized spacial score (nSPS) is 13.4. The molecule has 3 rings (SSSR count). The molecular weight excluding hydrogens is 374 g/mol. The number of anilines is 2.